The third kappa shape index (κ3) is 8.54. The minimum absolute atomic E-state index is 0.0968. The van der Waals surface area contributed by atoms with E-state index in [9.17, 15) is 4.79 Å². The molecule has 1 aromatic rings. The number of nitrogens with one attached hydrogen (secondary N) is 1. The molecule has 0 aliphatic carbocycles. The van der Waals surface area contributed by atoms with Crippen molar-refractivity contribution >= 4 is 17.2 Å². The minimum atomic E-state index is 0.0968. The number of rotatable bonds is 9. The first-order chi connectivity index (χ1) is 10.3. The molecule has 3 nitrogen and oxygen atoms in total. The van der Waals surface area contributed by atoms with Gasteiger partial charge in [0.25, 0.3) is 0 Å². The average Bonchev–Trinajstić information content (AvgIpc) is 2.93. The van der Waals surface area contributed by atoms with E-state index in [4.69, 9.17) is 5.11 Å². The highest BCUT2D eigenvalue weighted by Crippen LogP contribution is 2.15. The van der Waals surface area contributed by atoms with Crippen LogP contribution in [0.2, 0.25) is 0 Å². The van der Waals surface area contributed by atoms with Gasteiger partial charge in [0.15, 0.2) is 0 Å². The zero-order chi connectivity index (χ0) is 15.3. The number of carbonyl (C=O) groups excluding carboxylic acids is 1. The highest BCUT2D eigenvalue weighted by Gasteiger charge is 2.03. The van der Waals surface area contributed by atoms with Gasteiger partial charge in [-0.3, -0.25) is 4.79 Å². The van der Waals surface area contributed by atoms with E-state index in [1.165, 1.54) is 19.3 Å². The summed E-state index contributed by atoms with van der Waals surface area (Å²) in [6.45, 7) is 2.87. The summed E-state index contributed by atoms with van der Waals surface area (Å²) in [6.07, 6.45) is 6.97. The summed E-state index contributed by atoms with van der Waals surface area (Å²) in [6, 6.07) is 3.95. The largest absolute Gasteiger partial charge is 0.395 e. The quantitative estimate of drug-likeness (QED) is 0.542. The molecule has 1 aromatic heterocycles. The van der Waals surface area contributed by atoms with Gasteiger partial charge in [0.2, 0.25) is 5.91 Å². The molecule has 0 aromatic carbocycles. The Morgan fingerprint density at radius 3 is 2.86 bits per heavy atom. The molecular weight excluding hydrogens is 282 g/mol. The van der Waals surface area contributed by atoms with Crippen LogP contribution in [0.25, 0.3) is 0 Å². The Bertz CT molecular complexity index is 471. The molecule has 1 rings (SSSR count). The van der Waals surface area contributed by atoms with E-state index in [1.54, 1.807) is 11.3 Å². The van der Waals surface area contributed by atoms with Gasteiger partial charge in [-0.15, -0.1) is 11.3 Å². The Morgan fingerprint density at radius 2 is 2.10 bits per heavy atom. The van der Waals surface area contributed by atoms with Crippen LogP contribution in [-0.2, 0) is 11.3 Å². The van der Waals surface area contributed by atoms with Crippen LogP contribution in [0.3, 0.4) is 0 Å². The van der Waals surface area contributed by atoms with Crippen LogP contribution < -0.4 is 5.32 Å². The number of unbranched alkanes of at least 4 members (excludes halogenated alkanes) is 4. The first kappa shape index (κ1) is 17.7. The van der Waals surface area contributed by atoms with E-state index in [2.05, 4.69) is 24.1 Å². The Labute approximate surface area is 131 Å². The summed E-state index contributed by atoms with van der Waals surface area (Å²) in [4.78, 5) is 13.8. The predicted molar refractivity (Wildman–Crippen MR) is 88.1 cm³/mol. The highest BCUT2D eigenvalue weighted by molar-refractivity contribution is 7.12. The number of aliphatic hydroxyl groups excluding tert-OH is 1. The van der Waals surface area contributed by atoms with Crippen molar-refractivity contribution in [3.63, 3.8) is 0 Å². The molecule has 0 atom stereocenters. The lowest BCUT2D eigenvalue weighted by Crippen LogP contribution is -2.21. The van der Waals surface area contributed by atoms with E-state index in [0.29, 0.717) is 19.4 Å². The lowest BCUT2D eigenvalue weighted by molar-refractivity contribution is -0.121. The molecule has 1 heterocycles. The molecule has 116 valence electrons. The fourth-order valence-corrected chi connectivity index (χ4v) is 2.73. The summed E-state index contributed by atoms with van der Waals surface area (Å²) in [5.74, 6) is 6.03. The highest BCUT2D eigenvalue weighted by atomic mass is 32.1. The standard InChI is InChI=1S/C17H25NO2S/c1-2-3-4-5-6-10-17(20)18-14-16-12-11-15(21-16)9-7-8-13-19/h11-12,19H,2-6,8,10,13-14H2,1H3,(H,18,20). The van der Waals surface area contributed by atoms with E-state index >= 15 is 0 Å². The average molecular weight is 307 g/mol. The van der Waals surface area contributed by atoms with Crippen LogP contribution in [0.5, 0.6) is 0 Å². The molecular formula is C17H25NO2S. The predicted octanol–water partition coefficient (Wildman–Crippen LogP) is 3.46. The molecule has 0 aliphatic rings. The smallest absolute Gasteiger partial charge is 0.220 e. The lowest BCUT2D eigenvalue weighted by atomic mass is 10.1. The van der Waals surface area contributed by atoms with Crippen molar-refractivity contribution in [3.8, 4) is 11.8 Å². The van der Waals surface area contributed by atoms with Crippen LogP contribution in [-0.4, -0.2) is 17.6 Å². The number of aliphatic hydroxyl groups is 1. The van der Waals surface area contributed by atoms with Crippen molar-refractivity contribution in [2.24, 2.45) is 0 Å². The second-order valence-electron chi connectivity index (χ2n) is 4.98. The van der Waals surface area contributed by atoms with Crippen molar-refractivity contribution in [2.45, 2.75) is 58.4 Å². The Kier molecular flexibility index (Phi) is 9.60. The van der Waals surface area contributed by atoms with Crippen LogP contribution in [0.1, 0.15) is 61.6 Å². The van der Waals surface area contributed by atoms with Crippen molar-refractivity contribution in [1.82, 2.24) is 5.32 Å². The van der Waals surface area contributed by atoms with Gasteiger partial charge in [-0.1, -0.05) is 44.4 Å². The van der Waals surface area contributed by atoms with Gasteiger partial charge in [-0.05, 0) is 18.6 Å². The first-order valence-electron chi connectivity index (χ1n) is 7.71. The van der Waals surface area contributed by atoms with Gasteiger partial charge < -0.3 is 10.4 Å². The molecule has 0 spiro atoms. The van der Waals surface area contributed by atoms with Gasteiger partial charge in [0.05, 0.1) is 18.0 Å². The number of hydrogen-bond donors (Lipinski definition) is 2. The van der Waals surface area contributed by atoms with Gasteiger partial charge in [0.1, 0.15) is 0 Å². The third-order valence-corrected chi connectivity index (χ3v) is 4.08. The molecule has 0 radical (unpaired) electrons. The summed E-state index contributed by atoms with van der Waals surface area (Å²) < 4.78 is 0. The van der Waals surface area contributed by atoms with Gasteiger partial charge in [-0.2, -0.15) is 0 Å². The zero-order valence-corrected chi connectivity index (χ0v) is 13.6. The maximum atomic E-state index is 11.7. The molecule has 21 heavy (non-hydrogen) atoms. The maximum Gasteiger partial charge on any atom is 0.220 e. The monoisotopic (exact) mass is 307 g/mol. The van der Waals surface area contributed by atoms with Crippen LogP contribution in [0, 0.1) is 11.8 Å². The van der Waals surface area contributed by atoms with Crippen molar-refractivity contribution in [1.29, 1.82) is 0 Å². The number of hydrogen-bond acceptors (Lipinski definition) is 3. The number of amides is 1. The number of thiophene rings is 1. The van der Waals surface area contributed by atoms with E-state index in [-0.39, 0.29) is 12.5 Å². The minimum Gasteiger partial charge on any atom is -0.395 e. The fraction of sp³-hybridized carbons (Fsp3) is 0.588. The van der Waals surface area contributed by atoms with E-state index < -0.39 is 0 Å². The maximum absolute atomic E-state index is 11.7. The molecule has 2 N–H and O–H groups in total. The molecule has 0 bridgehead atoms. The Morgan fingerprint density at radius 1 is 1.29 bits per heavy atom. The normalized spacial score (nSPS) is 10.0. The van der Waals surface area contributed by atoms with Crippen LogP contribution in [0.4, 0.5) is 0 Å². The second-order valence-corrected chi connectivity index (χ2v) is 6.15. The summed E-state index contributed by atoms with van der Waals surface area (Å²) in [5, 5.41) is 11.6. The first-order valence-corrected chi connectivity index (χ1v) is 8.53. The van der Waals surface area contributed by atoms with Crippen LogP contribution in [0.15, 0.2) is 12.1 Å². The molecule has 0 fully saturated rings. The van der Waals surface area contributed by atoms with E-state index in [1.807, 2.05) is 12.1 Å². The third-order valence-electron chi connectivity index (χ3n) is 3.08. The summed E-state index contributed by atoms with van der Waals surface area (Å²) in [5.41, 5.74) is 0. The molecule has 4 heteroatoms. The Hall–Kier alpha value is -1.31. The molecule has 0 aliphatic heterocycles. The zero-order valence-electron chi connectivity index (χ0n) is 12.8. The topological polar surface area (TPSA) is 49.3 Å². The van der Waals surface area contributed by atoms with Gasteiger partial charge in [0, 0.05) is 17.7 Å². The van der Waals surface area contributed by atoms with Crippen molar-refractivity contribution in [3.05, 3.63) is 21.9 Å². The summed E-state index contributed by atoms with van der Waals surface area (Å²) >= 11 is 1.59. The number of carbonyl (C=O) groups is 1. The fourth-order valence-electron chi connectivity index (χ4n) is 1.91. The van der Waals surface area contributed by atoms with Crippen molar-refractivity contribution < 1.29 is 9.90 Å². The molecule has 0 saturated carbocycles. The van der Waals surface area contributed by atoms with Gasteiger partial charge in [-0.25, -0.2) is 0 Å². The van der Waals surface area contributed by atoms with Gasteiger partial charge >= 0.3 is 0 Å². The SMILES string of the molecule is CCCCCCCC(=O)NCc1ccc(C#CCCO)s1. The molecule has 1 amide bonds. The van der Waals surface area contributed by atoms with Crippen LogP contribution >= 0.6 is 11.3 Å². The summed E-state index contributed by atoms with van der Waals surface area (Å²) in [7, 11) is 0. The second kappa shape index (κ2) is 11.4. The van der Waals surface area contributed by atoms with Crippen molar-refractivity contribution in [2.75, 3.05) is 6.61 Å². The van der Waals surface area contributed by atoms with E-state index in [0.717, 1.165) is 22.6 Å². The Balaban J connectivity index is 2.20. The molecule has 0 saturated heterocycles. The molecule has 0 unspecified atom stereocenters. The lowest BCUT2D eigenvalue weighted by Gasteiger charge is -2.03.